The van der Waals surface area contributed by atoms with E-state index in [2.05, 4.69) is 20.7 Å². The molecule has 1 fully saturated rings. The number of esters is 1. The number of methoxy groups -OCH3 is 3. The number of carbonyl (C=O) groups is 2. The Kier molecular flexibility index (Phi) is 9.09. The number of ether oxygens (including phenoxy) is 4. The number of aliphatic imine (C=N–C) groups is 1. The Morgan fingerprint density at radius 2 is 1.74 bits per heavy atom. The monoisotopic (exact) mass is 596 g/mol. The number of thioether (sulfide) groups is 1. The van der Waals surface area contributed by atoms with Gasteiger partial charge in [-0.2, -0.15) is 0 Å². The number of halogens is 1. The molecule has 0 unspecified atom stereocenters. The average molecular weight is 597 g/mol. The minimum absolute atomic E-state index is 0.169. The van der Waals surface area contributed by atoms with Gasteiger partial charge in [0.05, 0.1) is 38.5 Å². The van der Waals surface area contributed by atoms with Gasteiger partial charge >= 0.3 is 5.97 Å². The maximum Gasteiger partial charge on any atom is 0.343 e. The second kappa shape index (κ2) is 12.7. The van der Waals surface area contributed by atoms with E-state index in [0.717, 1.165) is 17.0 Å². The van der Waals surface area contributed by atoms with Gasteiger partial charge < -0.3 is 18.9 Å². The molecule has 10 heteroatoms. The molecule has 3 aromatic rings. The third-order valence-corrected chi connectivity index (χ3v) is 7.20. The first-order chi connectivity index (χ1) is 18.4. The summed E-state index contributed by atoms with van der Waals surface area (Å²) in [6.07, 6.45) is 1.78. The predicted molar refractivity (Wildman–Crippen MR) is 151 cm³/mol. The number of para-hydroxylation sites is 1. The van der Waals surface area contributed by atoms with Gasteiger partial charge in [0.25, 0.3) is 5.91 Å². The normalized spacial score (nSPS) is 15.2. The Morgan fingerprint density at radius 3 is 2.39 bits per heavy atom. The van der Waals surface area contributed by atoms with Crippen LogP contribution >= 0.6 is 27.7 Å². The molecule has 0 radical (unpaired) electrons. The van der Waals surface area contributed by atoms with E-state index >= 15 is 0 Å². The molecule has 0 bridgehead atoms. The summed E-state index contributed by atoms with van der Waals surface area (Å²) < 4.78 is 21.5. The lowest BCUT2D eigenvalue weighted by Crippen LogP contribution is -2.28. The molecular formula is C28H25BrN2O6S. The van der Waals surface area contributed by atoms with Crippen LogP contribution in [0.15, 0.2) is 81.1 Å². The molecule has 0 atom stereocenters. The quantitative estimate of drug-likeness (QED) is 0.227. The Labute approximate surface area is 233 Å². The smallest absolute Gasteiger partial charge is 0.343 e. The van der Waals surface area contributed by atoms with Crippen LogP contribution in [0.1, 0.15) is 11.1 Å². The van der Waals surface area contributed by atoms with Gasteiger partial charge in [0.1, 0.15) is 5.75 Å². The molecule has 4 rings (SSSR count). The number of carbonyl (C=O) groups excluding carboxylic acids is 2. The third-order valence-electron chi connectivity index (χ3n) is 5.51. The van der Waals surface area contributed by atoms with E-state index in [1.54, 1.807) is 30.2 Å². The van der Waals surface area contributed by atoms with Gasteiger partial charge in [0.2, 0.25) is 0 Å². The maximum atomic E-state index is 13.6. The maximum absolute atomic E-state index is 13.6. The summed E-state index contributed by atoms with van der Waals surface area (Å²) in [6.45, 7) is 0.0946. The van der Waals surface area contributed by atoms with Crippen molar-refractivity contribution in [2.45, 2.75) is 6.54 Å². The SMILES string of the molecule is COC(=O)COc1cc(Br)c(/C=C2\SC(=Nc3ccccc3)N(Cc3ccc(OC)cc3)C2=O)cc1OC. The van der Waals surface area contributed by atoms with Crippen LogP contribution in [0.2, 0.25) is 0 Å². The summed E-state index contributed by atoms with van der Waals surface area (Å²) >= 11 is 4.84. The topological polar surface area (TPSA) is 86.7 Å². The van der Waals surface area contributed by atoms with Gasteiger partial charge in [0, 0.05) is 4.47 Å². The Bertz CT molecular complexity index is 1380. The van der Waals surface area contributed by atoms with Crippen LogP contribution < -0.4 is 14.2 Å². The molecule has 3 aromatic carbocycles. The minimum Gasteiger partial charge on any atom is -0.497 e. The first kappa shape index (κ1) is 27.3. The predicted octanol–water partition coefficient (Wildman–Crippen LogP) is 5.82. The molecule has 0 aliphatic carbocycles. The van der Waals surface area contributed by atoms with E-state index in [-0.39, 0.29) is 12.5 Å². The van der Waals surface area contributed by atoms with Crippen molar-refractivity contribution in [1.82, 2.24) is 4.90 Å². The van der Waals surface area contributed by atoms with Crippen molar-refractivity contribution in [2.24, 2.45) is 4.99 Å². The highest BCUT2D eigenvalue weighted by Crippen LogP contribution is 2.39. The summed E-state index contributed by atoms with van der Waals surface area (Å²) in [4.78, 5) is 32.0. The van der Waals surface area contributed by atoms with Gasteiger partial charge in [-0.05, 0) is 65.4 Å². The number of rotatable bonds is 9. The van der Waals surface area contributed by atoms with Gasteiger partial charge in [-0.25, -0.2) is 9.79 Å². The number of amidine groups is 1. The van der Waals surface area contributed by atoms with Crippen molar-refractivity contribution in [2.75, 3.05) is 27.9 Å². The van der Waals surface area contributed by atoms with Gasteiger partial charge in [0.15, 0.2) is 23.3 Å². The average Bonchev–Trinajstić information content (AvgIpc) is 3.22. The Morgan fingerprint density at radius 1 is 1.00 bits per heavy atom. The van der Waals surface area contributed by atoms with E-state index < -0.39 is 5.97 Å². The third kappa shape index (κ3) is 6.56. The number of hydrogen-bond acceptors (Lipinski definition) is 8. The van der Waals surface area contributed by atoms with E-state index in [1.165, 1.54) is 26.0 Å². The van der Waals surface area contributed by atoms with Crippen LogP contribution in [-0.4, -0.2) is 49.9 Å². The highest BCUT2D eigenvalue weighted by Gasteiger charge is 2.33. The minimum atomic E-state index is -0.510. The summed E-state index contributed by atoms with van der Waals surface area (Å²) in [6, 6.07) is 20.5. The zero-order valence-corrected chi connectivity index (χ0v) is 23.4. The molecule has 38 heavy (non-hydrogen) atoms. The molecule has 1 aliphatic heterocycles. The fourth-order valence-electron chi connectivity index (χ4n) is 3.53. The van der Waals surface area contributed by atoms with E-state index in [4.69, 9.17) is 19.2 Å². The van der Waals surface area contributed by atoms with Crippen LogP contribution in [0, 0.1) is 0 Å². The Hall–Kier alpha value is -3.76. The summed E-state index contributed by atoms with van der Waals surface area (Å²) in [5.74, 6) is 0.840. The van der Waals surface area contributed by atoms with Crippen molar-refractivity contribution >= 4 is 56.5 Å². The molecule has 0 spiro atoms. The van der Waals surface area contributed by atoms with E-state index in [1.807, 2.05) is 54.6 Å². The molecular weight excluding hydrogens is 572 g/mol. The summed E-state index contributed by atoms with van der Waals surface area (Å²) in [5.41, 5.74) is 2.39. The van der Waals surface area contributed by atoms with Crippen LogP contribution in [0.3, 0.4) is 0 Å². The highest BCUT2D eigenvalue weighted by molar-refractivity contribution is 9.10. The Balaban J connectivity index is 1.66. The van der Waals surface area contributed by atoms with E-state index in [9.17, 15) is 9.59 Å². The molecule has 0 saturated carbocycles. The molecule has 1 amide bonds. The molecule has 1 aliphatic rings. The van der Waals surface area contributed by atoms with Crippen molar-refractivity contribution in [1.29, 1.82) is 0 Å². The molecule has 8 nitrogen and oxygen atoms in total. The molecule has 0 N–H and O–H groups in total. The van der Waals surface area contributed by atoms with Crippen molar-refractivity contribution in [3.05, 3.63) is 87.2 Å². The summed E-state index contributed by atoms with van der Waals surface area (Å²) in [7, 11) is 4.40. The lowest BCUT2D eigenvalue weighted by molar-refractivity contribution is -0.142. The fourth-order valence-corrected chi connectivity index (χ4v) is 4.95. The standard InChI is InChI=1S/C28H25BrN2O6S/c1-34-21-11-9-18(10-12-21)16-31-27(33)25(38-28(31)30-20-7-5-4-6-8-20)14-19-13-23(35-2)24(15-22(19)29)37-17-26(32)36-3/h4-15H,16-17H2,1-3H3/b25-14-,30-28?. The molecule has 1 heterocycles. The van der Waals surface area contributed by atoms with Crippen molar-refractivity contribution < 1.29 is 28.5 Å². The van der Waals surface area contributed by atoms with Crippen LogP contribution in [-0.2, 0) is 20.9 Å². The fraction of sp³-hybridized carbons (Fsp3) is 0.179. The number of nitrogens with zero attached hydrogens (tertiary/aromatic N) is 2. The van der Waals surface area contributed by atoms with Gasteiger partial charge in [-0.1, -0.05) is 46.3 Å². The molecule has 196 valence electrons. The second-order valence-electron chi connectivity index (χ2n) is 7.97. The number of amides is 1. The van der Waals surface area contributed by atoms with Gasteiger partial charge in [-0.15, -0.1) is 0 Å². The zero-order chi connectivity index (χ0) is 27.1. The van der Waals surface area contributed by atoms with Crippen LogP contribution in [0.4, 0.5) is 5.69 Å². The lowest BCUT2D eigenvalue weighted by atomic mass is 10.1. The van der Waals surface area contributed by atoms with Gasteiger partial charge in [-0.3, -0.25) is 9.69 Å². The van der Waals surface area contributed by atoms with Crippen LogP contribution in [0.25, 0.3) is 6.08 Å². The highest BCUT2D eigenvalue weighted by atomic mass is 79.9. The molecule has 0 aromatic heterocycles. The van der Waals surface area contributed by atoms with Crippen molar-refractivity contribution in [3.8, 4) is 17.2 Å². The molecule has 1 saturated heterocycles. The zero-order valence-electron chi connectivity index (χ0n) is 21.0. The largest absolute Gasteiger partial charge is 0.497 e. The van der Waals surface area contributed by atoms with E-state index in [0.29, 0.717) is 38.2 Å². The first-order valence-corrected chi connectivity index (χ1v) is 13.1. The number of hydrogen-bond donors (Lipinski definition) is 0. The first-order valence-electron chi connectivity index (χ1n) is 11.5. The lowest BCUT2D eigenvalue weighted by Gasteiger charge is -2.16. The van der Waals surface area contributed by atoms with Crippen LogP contribution in [0.5, 0.6) is 17.2 Å². The van der Waals surface area contributed by atoms with Crippen molar-refractivity contribution in [3.63, 3.8) is 0 Å². The summed E-state index contributed by atoms with van der Waals surface area (Å²) in [5, 5.41) is 0.574. The second-order valence-corrected chi connectivity index (χ2v) is 9.83. The number of benzene rings is 3.